The molecule has 10 heteroatoms. The van der Waals surface area contributed by atoms with E-state index in [2.05, 4.69) is 27.0 Å². The standard InChI is InChI=1S/C20H21F3N6O/c1-2-3-15-9-25-19(27-15)14-8-26-28(12-14)10-13-6-18(30)29(11-13)16-4-5-24-17(7-16)20(21,22)23/h4-5,7-9,12-13H,2-3,6,10-11H2,1H3,(H,25,27). The number of anilines is 1. The second-order valence-corrected chi connectivity index (χ2v) is 7.43. The van der Waals surface area contributed by atoms with Crippen LogP contribution in [-0.4, -0.2) is 37.2 Å². The Morgan fingerprint density at radius 3 is 2.87 bits per heavy atom. The normalized spacial score (nSPS) is 17.1. The number of pyridine rings is 1. The van der Waals surface area contributed by atoms with Crippen molar-refractivity contribution in [3.8, 4) is 11.4 Å². The van der Waals surface area contributed by atoms with Gasteiger partial charge in [-0.2, -0.15) is 18.3 Å². The lowest BCUT2D eigenvalue weighted by molar-refractivity contribution is -0.141. The first kappa shape index (κ1) is 20.1. The molecule has 1 atom stereocenters. The molecule has 0 spiro atoms. The molecule has 7 nitrogen and oxygen atoms in total. The Bertz CT molecular complexity index is 1040. The fourth-order valence-corrected chi connectivity index (χ4v) is 3.65. The lowest BCUT2D eigenvalue weighted by Crippen LogP contribution is -2.25. The minimum absolute atomic E-state index is 0.0556. The molecule has 0 radical (unpaired) electrons. The van der Waals surface area contributed by atoms with Crippen LogP contribution in [0.5, 0.6) is 0 Å². The molecule has 1 fully saturated rings. The maximum atomic E-state index is 12.9. The van der Waals surface area contributed by atoms with Gasteiger partial charge in [0, 0.05) is 55.4 Å². The summed E-state index contributed by atoms with van der Waals surface area (Å²) < 4.78 is 40.5. The highest BCUT2D eigenvalue weighted by atomic mass is 19.4. The lowest BCUT2D eigenvalue weighted by atomic mass is 10.1. The van der Waals surface area contributed by atoms with E-state index in [1.807, 2.05) is 12.4 Å². The smallest absolute Gasteiger partial charge is 0.342 e. The molecule has 1 unspecified atom stereocenters. The topological polar surface area (TPSA) is 79.7 Å². The van der Waals surface area contributed by atoms with Crippen molar-refractivity contribution in [2.45, 2.75) is 38.9 Å². The summed E-state index contributed by atoms with van der Waals surface area (Å²) in [6, 6.07) is 2.34. The highest BCUT2D eigenvalue weighted by Crippen LogP contribution is 2.32. The Morgan fingerprint density at radius 2 is 2.10 bits per heavy atom. The maximum Gasteiger partial charge on any atom is 0.433 e. The molecule has 1 N–H and O–H groups in total. The van der Waals surface area contributed by atoms with Crippen molar-refractivity contribution in [2.24, 2.45) is 5.92 Å². The molecule has 1 amide bonds. The maximum absolute atomic E-state index is 12.9. The van der Waals surface area contributed by atoms with Crippen molar-refractivity contribution in [1.82, 2.24) is 24.7 Å². The Morgan fingerprint density at radius 1 is 1.27 bits per heavy atom. The summed E-state index contributed by atoms with van der Waals surface area (Å²) in [6.07, 6.45) is 4.10. The van der Waals surface area contributed by atoms with Crippen molar-refractivity contribution in [2.75, 3.05) is 11.4 Å². The SMILES string of the molecule is CCCc1cnc(-c2cnn(CC3CC(=O)N(c4ccnc(C(F)(F)F)c4)C3)c2)[nH]1. The van der Waals surface area contributed by atoms with E-state index in [0.29, 0.717) is 13.1 Å². The first-order valence-corrected chi connectivity index (χ1v) is 9.74. The van der Waals surface area contributed by atoms with Gasteiger partial charge in [0.05, 0.1) is 11.8 Å². The van der Waals surface area contributed by atoms with Crippen LogP contribution in [0.25, 0.3) is 11.4 Å². The van der Waals surface area contributed by atoms with Gasteiger partial charge in [-0.3, -0.25) is 14.5 Å². The monoisotopic (exact) mass is 418 g/mol. The van der Waals surface area contributed by atoms with Crippen molar-refractivity contribution in [3.63, 3.8) is 0 Å². The summed E-state index contributed by atoms with van der Waals surface area (Å²) in [5.74, 6) is 0.479. The fraction of sp³-hybridized carbons (Fsp3) is 0.400. The minimum Gasteiger partial charge on any atom is -0.342 e. The van der Waals surface area contributed by atoms with Crippen molar-refractivity contribution >= 4 is 11.6 Å². The van der Waals surface area contributed by atoms with Crippen LogP contribution >= 0.6 is 0 Å². The fourth-order valence-electron chi connectivity index (χ4n) is 3.65. The minimum atomic E-state index is -4.55. The third-order valence-electron chi connectivity index (χ3n) is 5.05. The Hall–Kier alpha value is -3.17. The van der Waals surface area contributed by atoms with Crippen LogP contribution in [0.2, 0.25) is 0 Å². The van der Waals surface area contributed by atoms with Crippen molar-refractivity contribution in [3.05, 3.63) is 48.3 Å². The van der Waals surface area contributed by atoms with E-state index in [1.54, 1.807) is 10.9 Å². The molecule has 0 aliphatic carbocycles. The summed E-state index contributed by atoms with van der Waals surface area (Å²) in [4.78, 5) is 24.8. The second kappa shape index (κ2) is 7.92. The number of amides is 1. The van der Waals surface area contributed by atoms with Gasteiger partial charge in [0.15, 0.2) is 0 Å². The Kier molecular flexibility index (Phi) is 5.31. The number of aromatic amines is 1. The molecule has 0 saturated carbocycles. The van der Waals surface area contributed by atoms with Gasteiger partial charge in [-0.05, 0) is 18.6 Å². The molecule has 3 aromatic rings. The van der Waals surface area contributed by atoms with Crippen LogP contribution in [-0.2, 0) is 23.9 Å². The number of hydrogen-bond donors (Lipinski definition) is 1. The number of alkyl halides is 3. The van der Waals surface area contributed by atoms with E-state index in [0.717, 1.165) is 42.2 Å². The number of aryl methyl sites for hydroxylation is 1. The van der Waals surface area contributed by atoms with Gasteiger partial charge in [-0.15, -0.1) is 0 Å². The zero-order valence-corrected chi connectivity index (χ0v) is 16.4. The summed E-state index contributed by atoms with van der Waals surface area (Å²) >= 11 is 0. The molecular weight excluding hydrogens is 397 g/mol. The van der Waals surface area contributed by atoms with Crippen LogP contribution < -0.4 is 4.90 Å². The molecule has 158 valence electrons. The van der Waals surface area contributed by atoms with Crippen LogP contribution in [0, 0.1) is 5.92 Å². The molecule has 1 saturated heterocycles. The number of rotatable bonds is 6. The molecule has 1 aliphatic heterocycles. The number of H-pyrrole nitrogens is 1. The average molecular weight is 418 g/mol. The van der Waals surface area contributed by atoms with Gasteiger partial charge < -0.3 is 9.88 Å². The predicted molar refractivity (Wildman–Crippen MR) is 104 cm³/mol. The van der Waals surface area contributed by atoms with Gasteiger partial charge in [0.25, 0.3) is 0 Å². The van der Waals surface area contributed by atoms with Crippen LogP contribution in [0.1, 0.15) is 31.2 Å². The van der Waals surface area contributed by atoms with E-state index >= 15 is 0 Å². The third kappa shape index (κ3) is 4.22. The predicted octanol–water partition coefficient (Wildman–Crippen LogP) is 3.69. The van der Waals surface area contributed by atoms with E-state index < -0.39 is 11.9 Å². The zero-order valence-electron chi connectivity index (χ0n) is 16.4. The third-order valence-corrected chi connectivity index (χ3v) is 5.05. The number of nitrogens with zero attached hydrogens (tertiary/aromatic N) is 5. The zero-order chi connectivity index (χ0) is 21.3. The summed E-state index contributed by atoms with van der Waals surface area (Å²) in [6.45, 7) is 2.92. The van der Waals surface area contributed by atoms with Crippen molar-refractivity contribution < 1.29 is 18.0 Å². The van der Waals surface area contributed by atoms with E-state index in [1.165, 1.54) is 11.0 Å². The second-order valence-electron chi connectivity index (χ2n) is 7.43. The van der Waals surface area contributed by atoms with Crippen LogP contribution in [0.15, 0.2) is 36.9 Å². The first-order chi connectivity index (χ1) is 14.3. The Balaban J connectivity index is 1.43. The number of nitrogens with one attached hydrogen (secondary N) is 1. The number of hydrogen-bond acceptors (Lipinski definition) is 4. The number of aromatic nitrogens is 5. The molecule has 30 heavy (non-hydrogen) atoms. The van der Waals surface area contributed by atoms with Gasteiger partial charge in [-0.1, -0.05) is 13.3 Å². The molecular formula is C20H21F3N6O. The summed E-state index contributed by atoms with van der Waals surface area (Å²) in [5, 5.41) is 4.35. The van der Waals surface area contributed by atoms with E-state index in [9.17, 15) is 18.0 Å². The van der Waals surface area contributed by atoms with Gasteiger partial charge in [0.2, 0.25) is 5.91 Å². The summed E-state index contributed by atoms with van der Waals surface area (Å²) in [7, 11) is 0. The number of halogens is 3. The molecule has 4 heterocycles. The van der Waals surface area contributed by atoms with E-state index in [4.69, 9.17) is 0 Å². The van der Waals surface area contributed by atoms with Crippen LogP contribution in [0.4, 0.5) is 18.9 Å². The van der Waals surface area contributed by atoms with Gasteiger partial charge in [0.1, 0.15) is 11.5 Å². The molecule has 0 aromatic carbocycles. The molecule has 1 aliphatic rings. The van der Waals surface area contributed by atoms with Crippen molar-refractivity contribution in [1.29, 1.82) is 0 Å². The lowest BCUT2D eigenvalue weighted by Gasteiger charge is -2.18. The quantitative estimate of drug-likeness (QED) is 0.662. The van der Waals surface area contributed by atoms with Gasteiger partial charge >= 0.3 is 6.18 Å². The largest absolute Gasteiger partial charge is 0.433 e. The molecule has 0 bridgehead atoms. The average Bonchev–Trinajstić information content (AvgIpc) is 3.42. The van der Waals surface area contributed by atoms with Crippen LogP contribution in [0.3, 0.4) is 0 Å². The highest BCUT2D eigenvalue weighted by Gasteiger charge is 2.35. The number of imidazole rings is 1. The van der Waals surface area contributed by atoms with E-state index in [-0.39, 0.29) is 23.9 Å². The number of carbonyl (C=O) groups excluding carboxylic acids is 1. The summed E-state index contributed by atoms with van der Waals surface area (Å²) in [5.41, 5.74) is 1.12. The number of carbonyl (C=O) groups is 1. The Labute approximate surface area is 170 Å². The molecule has 3 aromatic heterocycles. The van der Waals surface area contributed by atoms with Gasteiger partial charge in [-0.25, -0.2) is 4.98 Å². The molecule has 4 rings (SSSR count). The first-order valence-electron chi connectivity index (χ1n) is 9.74. The highest BCUT2D eigenvalue weighted by molar-refractivity contribution is 5.95.